The Bertz CT molecular complexity index is 428. The van der Waals surface area contributed by atoms with E-state index in [1.807, 2.05) is 13.8 Å². The van der Waals surface area contributed by atoms with Crippen LogP contribution in [0.3, 0.4) is 0 Å². The van der Waals surface area contributed by atoms with Gasteiger partial charge in [-0.05, 0) is 18.3 Å². The van der Waals surface area contributed by atoms with Gasteiger partial charge in [-0.2, -0.15) is 4.98 Å². The molecule has 1 aromatic rings. The maximum Gasteiger partial charge on any atom is 0.310 e. The molecule has 0 radical (unpaired) electrons. The van der Waals surface area contributed by atoms with E-state index >= 15 is 0 Å². The second-order valence-electron chi connectivity index (χ2n) is 6.31. The average molecular weight is 268 g/mol. The SMILES string of the molecule is CCC(CC)(Cc1nc(CC(C)(C)C)no1)C(=O)O. The second-order valence-corrected chi connectivity index (χ2v) is 6.31. The lowest BCUT2D eigenvalue weighted by molar-refractivity contribution is -0.149. The van der Waals surface area contributed by atoms with E-state index < -0.39 is 11.4 Å². The van der Waals surface area contributed by atoms with Crippen molar-refractivity contribution in [3.05, 3.63) is 11.7 Å². The molecule has 0 bridgehead atoms. The molecule has 0 aromatic carbocycles. The summed E-state index contributed by atoms with van der Waals surface area (Å²) >= 11 is 0. The summed E-state index contributed by atoms with van der Waals surface area (Å²) in [5.41, 5.74) is -0.716. The third-order valence-corrected chi connectivity index (χ3v) is 3.50. The summed E-state index contributed by atoms with van der Waals surface area (Å²) in [7, 11) is 0. The molecule has 0 saturated carbocycles. The number of hydrogen-bond acceptors (Lipinski definition) is 4. The van der Waals surface area contributed by atoms with Crippen molar-refractivity contribution in [2.75, 3.05) is 0 Å². The van der Waals surface area contributed by atoms with Crippen molar-refractivity contribution < 1.29 is 14.4 Å². The van der Waals surface area contributed by atoms with Gasteiger partial charge in [-0.1, -0.05) is 39.8 Å². The van der Waals surface area contributed by atoms with Crippen LogP contribution in [0.5, 0.6) is 0 Å². The standard InChI is InChI=1S/C14H24N2O3/c1-6-14(7-2,12(17)18)9-11-15-10(16-19-11)8-13(3,4)5/h6-9H2,1-5H3,(H,17,18). The second kappa shape index (κ2) is 5.72. The maximum atomic E-state index is 11.4. The van der Waals surface area contributed by atoms with E-state index in [1.54, 1.807) is 0 Å². The van der Waals surface area contributed by atoms with E-state index in [4.69, 9.17) is 4.52 Å². The van der Waals surface area contributed by atoms with Gasteiger partial charge in [0, 0.05) is 12.8 Å². The highest BCUT2D eigenvalue weighted by Gasteiger charge is 2.37. The highest BCUT2D eigenvalue weighted by Crippen LogP contribution is 2.31. The number of hydrogen-bond donors (Lipinski definition) is 1. The van der Waals surface area contributed by atoms with E-state index in [-0.39, 0.29) is 5.41 Å². The number of carbonyl (C=O) groups is 1. The third-order valence-electron chi connectivity index (χ3n) is 3.50. The summed E-state index contributed by atoms with van der Waals surface area (Å²) in [6.07, 6.45) is 2.12. The molecule has 0 saturated heterocycles. The van der Waals surface area contributed by atoms with Gasteiger partial charge in [0.05, 0.1) is 5.41 Å². The molecule has 0 aliphatic rings. The Kier molecular flexibility index (Phi) is 4.71. The van der Waals surface area contributed by atoms with Crippen molar-refractivity contribution in [1.82, 2.24) is 10.1 Å². The topological polar surface area (TPSA) is 76.2 Å². The fourth-order valence-electron chi connectivity index (χ4n) is 2.08. The molecule has 5 nitrogen and oxygen atoms in total. The fourth-order valence-corrected chi connectivity index (χ4v) is 2.08. The Morgan fingerprint density at radius 2 is 1.79 bits per heavy atom. The molecule has 5 heteroatoms. The van der Waals surface area contributed by atoms with Gasteiger partial charge in [-0.25, -0.2) is 0 Å². The summed E-state index contributed by atoms with van der Waals surface area (Å²) in [5.74, 6) is 0.271. The number of rotatable bonds is 6. The van der Waals surface area contributed by atoms with Crippen molar-refractivity contribution in [3.8, 4) is 0 Å². The van der Waals surface area contributed by atoms with Crippen LogP contribution in [0.15, 0.2) is 4.52 Å². The van der Waals surface area contributed by atoms with Gasteiger partial charge in [0.15, 0.2) is 5.82 Å². The molecule has 0 aliphatic heterocycles. The zero-order chi connectivity index (χ0) is 14.7. The minimum Gasteiger partial charge on any atom is -0.481 e. The monoisotopic (exact) mass is 268 g/mol. The maximum absolute atomic E-state index is 11.4. The lowest BCUT2D eigenvalue weighted by Gasteiger charge is -2.24. The molecule has 0 unspecified atom stereocenters. The third kappa shape index (κ3) is 4.04. The number of carboxylic acids is 1. The van der Waals surface area contributed by atoms with Crippen LogP contribution in [-0.4, -0.2) is 21.2 Å². The van der Waals surface area contributed by atoms with E-state index in [1.165, 1.54) is 0 Å². The zero-order valence-corrected chi connectivity index (χ0v) is 12.5. The molecule has 1 rings (SSSR count). The van der Waals surface area contributed by atoms with Crippen LogP contribution in [0.25, 0.3) is 0 Å². The average Bonchev–Trinajstić information content (AvgIpc) is 2.70. The van der Waals surface area contributed by atoms with Crippen LogP contribution in [0.4, 0.5) is 0 Å². The zero-order valence-electron chi connectivity index (χ0n) is 12.5. The predicted octanol–water partition coefficient (Wildman–Crippen LogP) is 3.09. The minimum absolute atomic E-state index is 0.0839. The highest BCUT2D eigenvalue weighted by molar-refractivity contribution is 5.74. The minimum atomic E-state index is -0.800. The molecule has 1 heterocycles. The van der Waals surface area contributed by atoms with Gasteiger partial charge in [0.25, 0.3) is 0 Å². The van der Waals surface area contributed by atoms with Crippen LogP contribution in [0, 0.1) is 10.8 Å². The lowest BCUT2D eigenvalue weighted by Crippen LogP contribution is -2.32. The Balaban J connectivity index is 2.85. The first-order chi connectivity index (χ1) is 8.72. The van der Waals surface area contributed by atoms with Gasteiger partial charge in [0.2, 0.25) is 5.89 Å². The van der Waals surface area contributed by atoms with Crippen molar-refractivity contribution >= 4 is 5.97 Å². The van der Waals surface area contributed by atoms with Gasteiger partial charge in [-0.3, -0.25) is 4.79 Å². The van der Waals surface area contributed by atoms with Crippen LogP contribution in [-0.2, 0) is 17.6 Å². The Labute approximate surface area is 114 Å². The van der Waals surface area contributed by atoms with Gasteiger partial charge >= 0.3 is 5.97 Å². The van der Waals surface area contributed by atoms with Gasteiger partial charge in [0.1, 0.15) is 0 Å². The molecule has 0 atom stereocenters. The van der Waals surface area contributed by atoms with Crippen molar-refractivity contribution in [1.29, 1.82) is 0 Å². The Morgan fingerprint density at radius 1 is 1.21 bits per heavy atom. The summed E-state index contributed by atoms with van der Waals surface area (Å²) in [4.78, 5) is 15.8. The molecule has 0 spiro atoms. The number of nitrogens with zero attached hydrogens (tertiary/aromatic N) is 2. The normalized spacial score (nSPS) is 12.7. The lowest BCUT2D eigenvalue weighted by atomic mass is 9.79. The van der Waals surface area contributed by atoms with Crippen molar-refractivity contribution in [3.63, 3.8) is 0 Å². The van der Waals surface area contributed by atoms with Crippen LogP contribution >= 0.6 is 0 Å². The van der Waals surface area contributed by atoms with E-state index in [9.17, 15) is 9.90 Å². The van der Waals surface area contributed by atoms with E-state index in [2.05, 4.69) is 30.9 Å². The first kappa shape index (κ1) is 15.7. The Morgan fingerprint density at radius 3 is 2.21 bits per heavy atom. The first-order valence-electron chi connectivity index (χ1n) is 6.77. The number of carboxylic acid groups (broad SMARTS) is 1. The van der Waals surface area contributed by atoms with Crippen LogP contribution in [0.2, 0.25) is 0 Å². The molecular formula is C14H24N2O3. The molecule has 0 fully saturated rings. The first-order valence-corrected chi connectivity index (χ1v) is 6.77. The largest absolute Gasteiger partial charge is 0.481 e. The molecule has 108 valence electrons. The smallest absolute Gasteiger partial charge is 0.310 e. The summed E-state index contributed by atoms with van der Waals surface area (Å²) in [5, 5.41) is 13.3. The highest BCUT2D eigenvalue weighted by atomic mass is 16.5. The van der Waals surface area contributed by atoms with E-state index in [0.717, 1.165) is 6.42 Å². The molecule has 19 heavy (non-hydrogen) atoms. The molecule has 1 aromatic heterocycles. The fraction of sp³-hybridized carbons (Fsp3) is 0.786. The van der Waals surface area contributed by atoms with Crippen LogP contribution < -0.4 is 0 Å². The summed E-state index contributed by atoms with van der Waals surface area (Å²) in [6, 6.07) is 0. The Hall–Kier alpha value is -1.39. The van der Waals surface area contributed by atoms with Crippen molar-refractivity contribution in [2.45, 2.75) is 60.3 Å². The number of aliphatic carboxylic acids is 1. The van der Waals surface area contributed by atoms with E-state index in [0.29, 0.717) is 31.0 Å². The molecule has 0 aliphatic carbocycles. The number of aromatic nitrogens is 2. The molecule has 1 N–H and O–H groups in total. The molecule has 0 amide bonds. The van der Waals surface area contributed by atoms with Crippen molar-refractivity contribution in [2.24, 2.45) is 10.8 Å². The van der Waals surface area contributed by atoms with Gasteiger partial charge in [-0.15, -0.1) is 0 Å². The summed E-state index contributed by atoms with van der Waals surface area (Å²) in [6.45, 7) is 10.1. The quantitative estimate of drug-likeness (QED) is 0.858. The molecular weight excluding hydrogens is 244 g/mol. The van der Waals surface area contributed by atoms with Gasteiger partial charge < -0.3 is 9.63 Å². The predicted molar refractivity (Wildman–Crippen MR) is 71.8 cm³/mol. The van der Waals surface area contributed by atoms with Crippen LogP contribution in [0.1, 0.15) is 59.2 Å². The summed E-state index contributed by atoms with van der Waals surface area (Å²) < 4.78 is 5.20.